The van der Waals surface area contributed by atoms with Crippen LogP contribution >= 0.6 is 0 Å². The first-order valence-electron chi connectivity index (χ1n) is 8.36. The van der Waals surface area contributed by atoms with Crippen molar-refractivity contribution in [3.8, 4) is 0 Å². The lowest BCUT2D eigenvalue weighted by molar-refractivity contribution is -0.384. The van der Waals surface area contributed by atoms with Gasteiger partial charge in [0.2, 0.25) is 11.8 Å². The zero-order chi connectivity index (χ0) is 19.2. The number of non-ortho nitro benzene ring substituents is 1. The van der Waals surface area contributed by atoms with E-state index in [0.29, 0.717) is 24.3 Å². The molecule has 138 valence electrons. The van der Waals surface area contributed by atoms with Crippen molar-refractivity contribution in [2.24, 2.45) is 0 Å². The molecule has 0 atom stereocenters. The maximum Gasteiger partial charge on any atom is 0.270 e. The minimum atomic E-state index is -0.481. The Morgan fingerprint density at radius 2 is 2.00 bits per heavy atom. The fourth-order valence-electron chi connectivity index (χ4n) is 2.71. The molecule has 0 bridgehead atoms. The molecule has 0 spiro atoms. The van der Waals surface area contributed by atoms with Crippen LogP contribution in [0, 0.1) is 10.1 Å². The van der Waals surface area contributed by atoms with E-state index in [9.17, 15) is 19.7 Å². The predicted octanol–water partition coefficient (Wildman–Crippen LogP) is 2.18. The number of nitro benzene ring substituents is 1. The second-order valence-electron chi connectivity index (χ2n) is 5.99. The average molecular weight is 366 g/mol. The van der Waals surface area contributed by atoms with Crippen LogP contribution in [-0.2, 0) is 9.59 Å². The molecule has 2 N–H and O–H groups in total. The van der Waals surface area contributed by atoms with E-state index >= 15 is 0 Å². The molecule has 0 aliphatic carbocycles. The van der Waals surface area contributed by atoms with E-state index in [1.807, 2.05) is 17.0 Å². The van der Waals surface area contributed by atoms with Crippen molar-refractivity contribution < 1.29 is 14.5 Å². The third-order valence-electron chi connectivity index (χ3n) is 4.05. The van der Waals surface area contributed by atoms with Crippen molar-refractivity contribution in [3.05, 3.63) is 70.3 Å². The highest BCUT2D eigenvalue weighted by Gasteiger charge is 2.16. The molecule has 8 nitrogen and oxygen atoms in total. The monoisotopic (exact) mass is 366 g/mol. The van der Waals surface area contributed by atoms with Crippen LogP contribution in [0.5, 0.6) is 0 Å². The van der Waals surface area contributed by atoms with Gasteiger partial charge in [0.15, 0.2) is 0 Å². The molecule has 0 radical (unpaired) electrons. The van der Waals surface area contributed by atoms with Gasteiger partial charge in [-0.05, 0) is 35.9 Å². The normalized spacial score (nSPS) is 14.1. The molecule has 1 saturated heterocycles. The van der Waals surface area contributed by atoms with Crippen LogP contribution in [0.15, 0.2) is 54.6 Å². The van der Waals surface area contributed by atoms with Crippen LogP contribution in [0.3, 0.4) is 0 Å². The maximum atomic E-state index is 12.0. The Bertz CT molecular complexity index is 893. The molecule has 1 aliphatic heterocycles. The molecular formula is C19H18N4O4. The number of nitrogens with one attached hydrogen (secondary N) is 2. The number of hydrogen-bond donors (Lipinski definition) is 2. The number of piperazine rings is 1. The van der Waals surface area contributed by atoms with Gasteiger partial charge < -0.3 is 15.5 Å². The van der Waals surface area contributed by atoms with Crippen LogP contribution < -0.4 is 15.5 Å². The van der Waals surface area contributed by atoms with Crippen molar-refractivity contribution in [1.29, 1.82) is 0 Å². The largest absolute Gasteiger partial charge is 0.360 e. The first kappa shape index (κ1) is 18.1. The summed E-state index contributed by atoms with van der Waals surface area (Å²) in [5.74, 6) is -0.350. The van der Waals surface area contributed by atoms with Crippen LogP contribution in [-0.4, -0.2) is 36.4 Å². The van der Waals surface area contributed by atoms with Gasteiger partial charge >= 0.3 is 0 Å². The number of nitrogens with zero attached hydrogens (tertiary/aromatic N) is 2. The zero-order valence-electron chi connectivity index (χ0n) is 14.4. The Labute approximate surface area is 155 Å². The van der Waals surface area contributed by atoms with Gasteiger partial charge in [-0.15, -0.1) is 0 Å². The Kier molecular flexibility index (Phi) is 5.46. The van der Waals surface area contributed by atoms with Crippen LogP contribution in [0.4, 0.5) is 17.1 Å². The van der Waals surface area contributed by atoms with Gasteiger partial charge in [-0.25, -0.2) is 0 Å². The Morgan fingerprint density at radius 3 is 2.70 bits per heavy atom. The zero-order valence-corrected chi connectivity index (χ0v) is 14.4. The summed E-state index contributed by atoms with van der Waals surface area (Å²) in [4.78, 5) is 35.7. The summed E-state index contributed by atoms with van der Waals surface area (Å²) in [5, 5.41) is 16.3. The van der Waals surface area contributed by atoms with Gasteiger partial charge in [0.25, 0.3) is 5.69 Å². The van der Waals surface area contributed by atoms with Crippen LogP contribution in [0.25, 0.3) is 6.08 Å². The number of benzene rings is 2. The van der Waals surface area contributed by atoms with E-state index in [0.717, 1.165) is 12.2 Å². The molecular weight excluding hydrogens is 348 g/mol. The number of carbonyl (C=O) groups excluding carboxylic acids is 2. The smallest absolute Gasteiger partial charge is 0.270 e. The number of anilines is 2. The minimum absolute atomic E-state index is 0.00934. The van der Waals surface area contributed by atoms with Crippen LogP contribution in [0.2, 0.25) is 0 Å². The molecule has 3 rings (SSSR count). The lowest BCUT2D eigenvalue weighted by Gasteiger charge is -2.28. The first-order valence-corrected chi connectivity index (χ1v) is 8.36. The van der Waals surface area contributed by atoms with E-state index in [4.69, 9.17) is 0 Å². The van der Waals surface area contributed by atoms with Crippen LogP contribution in [0.1, 0.15) is 5.56 Å². The fourth-order valence-corrected chi connectivity index (χ4v) is 2.71. The van der Waals surface area contributed by atoms with Crippen molar-refractivity contribution in [1.82, 2.24) is 5.32 Å². The van der Waals surface area contributed by atoms with E-state index in [2.05, 4.69) is 10.6 Å². The molecule has 1 heterocycles. The summed E-state index contributed by atoms with van der Waals surface area (Å²) in [6.07, 6.45) is 2.84. The summed E-state index contributed by atoms with van der Waals surface area (Å²) in [6, 6.07) is 13.3. The number of carbonyl (C=O) groups is 2. The average Bonchev–Trinajstić information content (AvgIpc) is 2.67. The van der Waals surface area contributed by atoms with E-state index in [1.54, 1.807) is 24.3 Å². The standard InChI is InChI=1S/C19H18N4O4/c24-18(9-4-14-2-1-3-17(12-14)23(26)27)21-15-5-7-16(8-6-15)22-11-10-20-19(25)13-22/h1-9,12H,10-11,13H2,(H,20,25)(H,21,24). The minimum Gasteiger partial charge on any atom is -0.360 e. The Hall–Kier alpha value is -3.68. The molecule has 2 aromatic carbocycles. The lowest BCUT2D eigenvalue weighted by Crippen LogP contribution is -2.47. The maximum absolute atomic E-state index is 12.0. The van der Waals surface area contributed by atoms with Gasteiger partial charge in [0.1, 0.15) is 0 Å². The van der Waals surface area contributed by atoms with Crippen molar-refractivity contribution >= 4 is 35.0 Å². The highest BCUT2D eigenvalue weighted by Crippen LogP contribution is 2.19. The highest BCUT2D eigenvalue weighted by atomic mass is 16.6. The van der Waals surface area contributed by atoms with E-state index in [-0.39, 0.29) is 17.5 Å². The Balaban J connectivity index is 1.60. The third kappa shape index (κ3) is 4.91. The third-order valence-corrected chi connectivity index (χ3v) is 4.05. The number of nitro groups is 1. The summed E-state index contributed by atoms with van der Waals surface area (Å²) in [7, 11) is 0. The SMILES string of the molecule is O=C(C=Cc1cccc([N+](=O)[O-])c1)Nc1ccc(N2CCNC(=O)C2)cc1. The van der Waals surface area contributed by atoms with Gasteiger partial charge in [-0.1, -0.05) is 12.1 Å². The molecule has 2 amide bonds. The summed E-state index contributed by atoms with van der Waals surface area (Å²) < 4.78 is 0. The van der Waals surface area contributed by atoms with E-state index < -0.39 is 4.92 Å². The molecule has 8 heteroatoms. The van der Waals surface area contributed by atoms with E-state index in [1.165, 1.54) is 24.3 Å². The van der Waals surface area contributed by atoms with Gasteiger partial charge in [-0.2, -0.15) is 0 Å². The first-order chi connectivity index (χ1) is 13.0. The summed E-state index contributed by atoms with van der Waals surface area (Å²) in [5.41, 5.74) is 2.07. The summed E-state index contributed by atoms with van der Waals surface area (Å²) >= 11 is 0. The summed E-state index contributed by atoms with van der Waals surface area (Å²) in [6.45, 7) is 1.67. The molecule has 27 heavy (non-hydrogen) atoms. The number of amides is 2. The number of hydrogen-bond acceptors (Lipinski definition) is 5. The fraction of sp³-hybridized carbons (Fsp3) is 0.158. The number of rotatable bonds is 5. The Morgan fingerprint density at radius 1 is 1.22 bits per heavy atom. The molecule has 2 aromatic rings. The van der Waals surface area contributed by atoms with Crippen molar-refractivity contribution in [2.45, 2.75) is 0 Å². The molecule has 0 unspecified atom stereocenters. The molecule has 1 aliphatic rings. The second kappa shape index (κ2) is 8.13. The van der Waals surface area contributed by atoms with Gasteiger partial charge in [-0.3, -0.25) is 19.7 Å². The lowest BCUT2D eigenvalue weighted by atomic mass is 10.2. The molecule has 0 aromatic heterocycles. The topological polar surface area (TPSA) is 105 Å². The van der Waals surface area contributed by atoms with Gasteiger partial charge in [0, 0.05) is 42.7 Å². The predicted molar refractivity (Wildman–Crippen MR) is 102 cm³/mol. The molecule has 0 saturated carbocycles. The van der Waals surface area contributed by atoms with Gasteiger partial charge in [0.05, 0.1) is 11.5 Å². The van der Waals surface area contributed by atoms with Crippen molar-refractivity contribution in [2.75, 3.05) is 29.9 Å². The second-order valence-corrected chi connectivity index (χ2v) is 5.99. The molecule has 1 fully saturated rings. The highest BCUT2D eigenvalue weighted by molar-refractivity contribution is 6.02. The van der Waals surface area contributed by atoms with Crippen molar-refractivity contribution in [3.63, 3.8) is 0 Å². The quantitative estimate of drug-likeness (QED) is 0.479.